The van der Waals surface area contributed by atoms with Crippen molar-refractivity contribution >= 4 is 64.0 Å². The molecular formula is C51H75BF2N8O13S. The van der Waals surface area contributed by atoms with Crippen molar-refractivity contribution in [2.45, 2.75) is 110 Å². The Morgan fingerprint density at radius 1 is 0.763 bits per heavy atom. The maximum Gasteiger partial charge on any atom is 0.737 e. The highest BCUT2D eigenvalue weighted by Crippen LogP contribution is 2.35. The minimum Gasteiger partial charge on any atom is -0.508 e. The molecule has 2 aliphatic rings. The third-order valence-corrected chi connectivity index (χ3v) is 12.8. The molecule has 0 fully saturated rings. The molecule has 0 bridgehead atoms. The highest BCUT2D eigenvalue weighted by Gasteiger charge is 2.52. The molecule has 21 nitrogen and oxygen atoms in total. The average molecular weight is 1090 g/mol. The fraction of sp³-hybridized carbons (Fsp3) is 0.549. The summed E-state index contributed by atoms with van der Waals surface area (Å²) in [7, 11) is -3.58. The number of phenols is 1. The van der Waals surface area contributed by atoms with Gasteiger partial charge in [0.2, 0.25) is 35.4 Å². The van der Waals surface area contributed by atoms with Crippen LogP contribution in [0.25, 0.3) is 6.08 Å². The van der Waals surface area contributed by atoms with Gasteiger partial charge in [0, 0.05) is 80.3 Å². The molecule has 2 aromatic rings. The lowest BCUT2D eigenvalue weighted by Crippen LogP contribution is -2.58. The van der Waals surface area contributed by atoms with Crippen molar-refractivity contribution in [3.63, 3.8) is 0 Å². The van der Waals surface area contributed by atoms with Crippen LogP contribution in [0.3, 0.4) is 0 Å². The molecule has 8 N–H and O–H groups in total. The van der Waals surface area contributed by atoms with Crippen LogP contribution in [0.2, 0.25) is 0 Å². The molecule has 25 heteroatoms. The van der Waals surface area contributed by atoms with Gasteiger partial charge >= 0.3 is 6.97 Å². The van der Waals surface area contributed by atoms with E-state index in [9.17, 15) is 42.3 Å². The van der Waals surface area contributed by atoms with Crippen molar-refractivity contribution in [2.24, 2.45) is 11.7 Å². The number of hydrogen-bond acceptors (Lipinski definition) is 13. The fourth-order valence-corrected chi connectivity index (χ4v) is 8.87. The zero-order chi connectivity index (χ0) is 56.0. The summed E-state index contributed by atoms with van der Waals surface area (Å²) in [5, 5.41) is 24.2. The number of primary amides is 1. The lowest BCUT2D eigenvalue weighted by molar-refractivity contribution is -0.362. The van der Waals surface area contributed by atoms with Crippen LogP contribution in [0, 0.1) is 5.92 Å². The Labute approximate surface area is 443 Å². The molecule has 6 amide bonds. The van der Waals surface area contributed by atoms with Crippen LogP contribution in [0.5, 0.6) is 5.75 Å². The summed E-state index contributed by atoms with van der Waals surface area (Å²) >= 11 is 0. The Morgan fingerprint density at radius 3 is 1.96 bits per heavy atom. The number of ether oxygens (including phenoxy) is 4. The Kier molecular flexibility index (Phi) is 25.0. The van der Waals surface area contributed by atoms with Crippen molar-refractivity contribution in [1.82, 2.24) is 31.1 Å². The molecule has 0 saturated heterocycles. The van der Waals surface area contributed by atoms with Crippen LogP contribution in [0.1, 0.15) is 90.1 Å². The number of aryl methyl sites for hydroxylation is 1. The number of carbonyl (C=O) groups excluding carboxylic acids is 6. The largest absolute Gasteiger partial charge is 0.737 e. The first-order chi connectivity index (χ1) is 36.0. The second kappa shape index (κ2) is 30.5. The lowest BCUT2D eigenvalue weighted by Gasteiger charge is -2.31. The van der Waals surface area contributed by atoms with E-state index in [-0.39, 0.29) is 128 Å². The monoisotopic (exact) mass is 1090 g/mol. The van der Waals surface area contributed by atoms with Gasteiger partial charge in [-0.3, -0.25) is 28.8 Å². The molecule has 3 heterocycles. The van der Waals surface area contributed by atoms with Crippen LogP contribution in [0.15, 0.2) is 65.2 Å². The predicted molar refractivity (Wildman–Crippen MR) is 281 cm³/mol. The van der Waals surface area contributed by atoms with Crippen LogP contribution in [-0.4, -0.2) is 160 Å². The first kappa shape index (κ1) is 62.3. The van der Waals surface area contributed by atoms with E-state index in [2.05, 4.69) is 26.6 Å². The van der Waals surface area contributed by atoms with Gasteiger partial charge in [0.05, 0.1) is 52.9 Å². The number of nitrogens with two attached hydrogens (primary N) is 1. The molecule has 4 rings (SSSR count). The zero-order valence-electron chi connectivity index (χ0n) is 44.2. The number of halogens is 2. The van der Waals surface area contributed by atoms with E-state index in [0.717, 1.165) is 26.2 Å². The highest BCUT2D eigenvalue weighted by atomic mass is 32.2. The van der Waals surface area contributed by atoms with Gasteiger partial charge in [-0.25, -0.2) is 8.42 Å². The first-order valence-corrected chi connectivity index (χ1v) is 27.4. The standard InChI is InChI=1S/C51H75BF2N8O13S/c1-7-42(49(67)60-44(32-37-8-14-41(63)15-9-37)51(69)59-43(30-34(2)3)50(68)57-38(10-16-46(55)64)19-29-76(6,70)71)58-48(66)18-21-72-23-25-74-27-28-75-26-24-73-22-20-56-47(65)17-13-39-11-12-40-33-45-35(4)31-36(5)61(45)52(53,54)62(39)40/h8-9,11-12,14-15,19,29,31,33-34,38,42-44,63H,7,10,13,16-18,20-28,30,32H2,1-6H3,(H2,55,64)(H,56,65)(H,57,68)(H,58,66)(H,59,69)(H,60,67)/b29-19+/t38-,42-,43-,44+/m0/s1. The third-order valence-electron chi connectivity index (χ3n) is 12.2. The van der Waals surface area contributed by atoms with Crippen molar-refractivity contribution in [3.05, 3.63) is 82.2 Å². The van der Waals surface area contributed by atoms with Crippen molar-refractivity contribution < 1.29 is 74.4 Å². The molecule has 0 aliphatic carbocycles. The third kappa shape index (κ3) is 20.7. The van der Waals surface area contributed by atoms with Gasteiger partial charge in [-0.15, -0.1) is 0 Å². The van der Waals surface area contributed by atoms with Crippen LogP contribution < -0.4 is 32.3 Å². The predicted octanol–water partition coefficient (Wildman–Crippen LogP) is 2.17. The maximum absolute atomic E-state index is 15.6. The van der Waals surface area contributed by atoms with Gasteiger partial charge in [-0.05, 0) is 74.0 Å². The second-order valence-corrected chi connectivity index (χ2v) is 21.0. The number of hydrogen-bond donors (Lipinski definition) is 7. The molecule has 0 radical (unpaired) electrons. The van der Waals surface area contributed by atoms with Crippen molar-refractivity contribution in [1.29, 1.82) is 0 Å². The first-order valence-electron chi connectivity index (χ1n) is 25.5. The van der Waals surface area contributed by atoms with E-state index in [1.807, 2.05) is 20.8 Å². The van der Waals surface area contributed by atoms with Crippen molar-refractivity contribution in [3.8, 4) is 5.75 Å². The number of rotatable bonds is 35. The molecule has 1 aromatic heterocycles. The van der Waals surface area contributed by atoms with Gasteiger partial charge in [0.1, 0.15) is 29.6 Å². The van der Waals surface area contributed by atoms with Crippen LogP contribution >= 0.6 is 0 Å². The molecule has 76 heavy (non-hydrogen) atoms. The summed E-state index contributed by atoms with van der Waals surface area (Å²) in [4.78, 5) is 78.1. The molecule has 1 aromatic carbocycles. The van der Waals surface area contributed by atoms with E-state index in [1.54, 1.807) is 50.3 Å². The van der Waals surface area contributed by atoms with E-state index in [4.69, 9.17) is 24.7 Å². The number of amides is 6. The Balaban J connectivity index is 1.11. The van der Waals surface area contributed by atoms with Crippen molar-refractivity contribution in [2.75, 3.05) is 65.7 Å². The normalized spacial score (nSPS) is 15.5. The Bertz CT molecular complexity index is 2570. The minimum absolute atomic E-state index is 0.00161. The summed E-state index contributed by atoms with van der Waals surface area (Å²) < 4.78 is 79.1. The topological polar surface area (TPSA) is 288 Å². The quantitative estimate of drug-likeness (QED) is 0.0386. The zero-order valence-corrected chi connectivity index (χ0v) is 45.1. The minimum atomic E-state index is -4.08. The number of carbonyl (C=O) groups is 6. The Morgan fingerprint density at radius 2 is 1.36 bits per heavy atom. The summed E-state index contributed by atoms with van der Waals surface area (Å²) in [5.74, 6) is -3.59. The summed E-state index contributed by atoms with van der Waals surface area (Å²) in [6, 6.07) is 4.93. The molecule has 0 spiro atoms. The number of nitrogens with zero attached hydrogens (tertiary/aromatic N) is 2. The SMILES string of the molecule is CC[C@H](NC(=O)CCOCCOCCOCCOCCNC(=O)CCc1ccc2n1[B-](F)(F)[N+]1=C(C)C=C(C)C1=C2)C(=O)N[C@H](Cc1ccc(O)cc1)C(=O)N[C@@H](CC(C)C)C(=O)N[C@H](/C=C/S(C)(=O)=O)CCC(N)=O. The molecule has 0 unspecified atom stereocenters. The summed E-state index contributed by atoms with van der Waals surface area (Å²) in [5.41, 5.74) is 8.43. The molecular weight excluding hydrogens is 1010 g/mol. The van der Waals surface area contributed by atoms with Gasteiger partial charge in [-0.1, -0.05) is 39.0 Å². The Hall–Kier alpha value is -6.28. The number of aromatic hydroxyl groups is 1. The number of phenolic OH excluding ortho intramolecular Hbond substituents is 1. The number of benzene rings is 1. The molecule has 0 saturated carbocycles. The van der Waals surface area contributed by atoms with Crippen LogP contribution in [-0.2, 0) is 70.4 Å². The van der Waals surface area contributed by atoms with E-state index in [1.165, 1.54) is 18.2 Å². The lowest BCUT2D eigenvalue weighted by atomic mass is 9.89. The molecule has 4 atom stereocenters. The number of allylic oxidation sites excluding steroid dienone is 2. The highest BCUT2D eigenvalue weighted by molar-refractivity contribution is 7.93. The van der Waals surface area contributed by atoms with E-state index < -0.39 is 70.5 Å². The number of nitrogens with one attached hydrogen (secondary N) is 5. The molecule has 420 valence electrons. The van der Waals surface area contributed by atoms with E-state index >= 15 is 8.63 Å². The van der Waals surface area contributed by atoms with Gasteiger partial charge in [0.15, 0.2) is 15.5 Å². The summed E-state index contributed by atoms with van der Waals surface area (Å²) in [6.07, 6.45) is 5.93. The van der Waals surface area contributed by atoms with Gasteiger partial charge < -0.3 is 74.0 Å². The fourth-order valence-electron chi connectivity index (χ4n) is 8.39. The summed E-state index contributed by atoms with van der Waals surface area (Å²) in [6.45, 7) is 6.78. The van der Waals surface area contributed by atoms with E-state index in [0.29, 0.717) is 28.4 Å². The molecule has 2 aliphatic heterocycles. The number of sulfone groups is 1. The second-order valence-electron chi connectivity index (χ2n) is 19.1. The maximum atomic E-state index is 15.6. The smallest absolute Gasteiger partial charge is 0.508 e. The number of aromatic nitrogens is 1. The number of fused-ring (bicyclic) bond motifs is 2. The van der Waals surface area contributed by atoms with Gasteiger partial charge in [0.25, 0.3) is 0 Å². The average Bonchev–Trinajstić information content (AvgIpc) is 3.91. The van der Waals surface area contributed by atoms with Gasteiger partial charge in [-0.2, -0.15) is 0 Å². The van der Waals surface area contributed by atoms with Crippen LogP contribution in [0.4, 0.5) is 8.63 Å².